The summed E-state index contributed by atoms with van der Waals surface area (Å²) in [5.41, 5.74) is 2.85. The van der Waals surface area contributed by atoms with E-state index in [1.807, 2.05) is 54.6 Å². The van der Waals surface area contributed by atoms with Gasteiger partial charge in [0, 0.05) is 18.5 Å². The summed E-state index contributed by atoms with van der Waals surface area (Å²) in [5, 5.41) is 2.80. The van der Waals surface area contributed by atoms with Gasteiger partial charge in [-0.3, -0.25) is 4.79 Å². The average Bonchev–Trinajstić information content (AvgIpc) is 2.52. The Labute approximate surface area is 118 Å². The van der Waals surface area contributed by atoms with Gasteiger partial charge in [0.1, 0.15) is 6.29 Å². The molecule has 0 bridgehead atoms. The maximum absolute atomic E-state index is 11.9. The van der Waals surface area contributed by atoms with Gasteiger partial charge in [-0.25, -0.2) is 0 Å². The van der Waals surface area contributed by atoms with Crippen LogP contribution in [0.1, 0.15) is 23.2 Å². The average molecular weight is 267 g/mol. The van der Waals surface area contributed by atoms with Crippen molar-refractivity contribution >= 4 is 12.2 Å². The summed E-state index contributed by atoms with van der Waals surface area (Å²) in [5.74, 6) is -0.101. The van der Waals surface area contributed by atoms with Gasteiger partial charge in [0.15, 0.2) is 0 Å². The highest BCUT2D eigenvalue weighted by Crippen LogP contribution is 2.19. The zero-order valence-electron chi connectivity index (χ0n) is 11.2. The molecule has 0 saturated carbocycles. The Kier molecular flexibility index (Phi) is 5.07. The van der Waals surface area contributed by atoms with E-state index in [2.05, 4.69) is 5.32 Å². The number of amides is 1. The second-order valence-electron chi connectivity index (χ2n) is 4.51. The molecule has 3 heteroatoms. The molecule has 0 heterocycles. The van der Waals surface area contributed by atoms with Crippen molar-refractivity contribution in [3.05, 3.63) is 60.2 Å². The summed E-state index contributed by atoms with van der Waals surface area (Å²) in [6, 6.07) is 17.5. The minimum absolute atomic E-state index is 0.101. The van der Waals surface area contributed by atoms with Gasteiger partial charge in [-0.05, 0) is 29.7 Å². The van der Waals surface area contributed by atoms with Crippen molar-refractivity contribution in [1.82, 2.24) is 5.32 Å². The maximum Gasteiger partial charge on any atom is 0.251 e. The molecular weight excluding hydrogens is 250 g/mol. The van der Waals surface area contributed by atoms with Crippen LogP contribution >= 0.6 is 0 Å². The number of unbranched alkanes of at least 4 members (excludes halogenated alkanes) is 1. The van der Waals surface area contributed by atoms with E-state index in [-0.39, 0.29) is 5.91 Å². The van der Waals surface area contributed by atoms with Crippen LogP contribution in [0, 0.1) is 0 Å². The molecule has 0 unspecified atom stereocenters. The fraction of sp³-hybridized carbons (Fsp3) is 0.176. The maximum atomic E-state index is 11.9. The third-order valence-corrected chi connectivity index (χ3v) is 3.04. The first-order valence-electron chi connectivity index (χ1n) is 6.68. The molecule has 2 aromatic rings. The van der Waals surface area contributed by atoms with Crippen LogP contribution in [0.25, 0.3) is 11.1 Å². The lowest BCUT2D eigenvalue weighted by Gasteiger charge is -2.05. The number of aldehydes is 1. The summed E-state index contributed by atoms with van der Waals surface area (Å²) in [6.45, 7) is 0.526. The van der Waals surface area contributed by atoms with E-state index in [1.54, 1.807) is 0 Å². The van der Waals surface area contributed by atoms with Crippen molar-refractivity contribution in [2.24, 2.45) is 0 Å². The molecule has 0 fully saturated rings. The molecule has 0 saturated heterocycles. The predicted octanol–water partition coefficient (Wildman–Crippen LogP) is 3.06. The molecule has 0 aliphatic rings. The molecule has 0 aliphatic carbocycles. The number of rotatable bonds is 6. The fourth-order valence-corrected chi connectivity index (χ4v) is 1.93. The van der Waals surface area contributed by atoms with E-state index >= 15 is 0 Å². The van der Waals surface area contributed by atoms with E-state index in [1.165, 1.54) is 0 Å². The molecule has 2 rings (SSSR count). The summed E-state index contributed by atoms with van der Waals surface area (Å²) >= 11 is 0. The van der Waals surface area contributed by atoms with Crippen LogP contribution in [-0.2, 0) is 4.79 Å². The van der Waals surface area contributed by atoms with Crippen LogP contribution in [0.15, 0.2) is 54.6 Å². The molecule has 3 nitrogen and oxygen atoms in total. The first kappa shape index (κ1) is 14.0. The van der Waals surface area contributed by atoms with Gasteiger partial charge in [0.25, 0.3) is 5.91 Å². The van der Waals surface area contributed by atoms with Gasteiger partial charge in [-0.2, -0.15) is 0 Å². The van der Waals surface area contributed by atoms with E-state index in [0.29, 0.717) is 24.9 Å². The molecule has 0 aromatic heterocycles. The van der Waals surface area contributed by atoms with Crippen LogP contribution in [-0.4, -0.2) is 18.7 Å². The third kappa shape index (κ3) is 3.79. The number of hydrogen-bond acceptors (Lipinski definition) is 2. The molecule has 0 spiro atoms. The highest BCUT2D eigenvalue weighted by Gasteiger charge is 2.04. The van der Waals surface area contributed by atoms with E-state index in [9.17, 15) is 9.59 Å². The fourth-order valence-electron chi connectivity index (χ4n) is 1.93. The largest absolute Gasteiger partial charge is 0.352 e. The zero-order valence-corrected chi connectivity index (χ0v) is 11.2. The molecule has 0 radical (unpaired) electrons. The van der Waals surface area contributed by atoms with Crippen LogP contribution in [0.3, 0.4) is 0 Å². The summed E-state index contributed by atoms with van der Waals surface area (Å²) in [4.78, 5) is 22.0. The highest BCUT2D eigenvalue weighted by atomic mass is 16.1. The smallest absolute Gasteiger partial charge is 0.251 e. The SMILES string of the molecule is O=CCCCNC(=O)c1ccc(-c2ccccc2)cc1. The van der Waals surface area contributed by atoms with E-state index in [4.69, 9.17) is 0 Å². The number of carbonyl (C=O) groups is 2. The standard InChI is InChI=1S/C17H17NO2/c19-13-5-4-12-18-17(20)16-10-8-15(9-11-16)14-6-2-1-3-7-14/h1-3,6-11,13H,4-5,12H2,(H,18,20). The molecule has 1 N–H and O–H groups in total. The molecule has 0 aliphatic heterocycles. The van der Waals surface area contributed by atoms with E-state index in [0.717, 1.165) is 17.4 Å². The van der Waals surface area contributed by atoms with Gasteiger partial charge in [0.05, 0.1) is 0 Å². The summed E-state index contributed by atoms with van der Waals surface area (Å²) in [6.07, 6.45) is 2.02. The quantitative estimate of drug-likeness (QED) is 0.646. The second-order valence-corrected chi connectivity index (χ2v) is 4.51. The van der Waals surface area contributed by atoms with Crippen molar-refractivity contribution < 1.29 is 9.59 Å². The van der Waals surface area contributed by atoms with Gasteiger partial charge in [-0.1, -0.05) is 42.5 Å². The Balaban J connectivity index is 1.97. The Bertz CT molecular complexity index is 561. The van der Waals surface area contributed by atoms with Crippen molar-refractivity contribution in [3.63, 3.8) is 0 Å². The minimum Gasteiger partial charge on any atom is -0.352 e. The molecule has 102 valence electrons. The number of hydrogen-bond donors (Lipinski definition) is 1. The van der Waals surface area contributed by atoms with Crippen molar-refractivity contribution in [3.8, 4) is 11.1 Å². The normalized spacial score (nSPS) is 10.0. The molecule has 20 heavy (non-hydrogen) atoms. The predicted molar refractivity (Wildman–Crippen MR) is 79.5 cm³/mol. The van der Waals surface area contributed by atoms with Crippen LogP contribution in [0.4, 0.5) is 0 Å². The molecular formula is C17H17NO2. The molecule has 0 atom stereocenters. The monoisotopic (exact) mass is 267 g/mol. The third-order valence-electron chi connectivity index (χ3n) is 3.04. The van der Waals surface area contributed by atoms with Gasteiger partial charge < -0.3 is 10.1 Å². The highest BCUT2D eigenvalue weighted by molar-refractivity contribution is 5.94. The Morgan fingerprint density at radius 1 is 0.950 bits per heavy atom. The molecule has 2 aromatic carbocycles. The Morgan fingerprint density at radius 3 is 2.25 bits per heavy atom. The van der Waals surface area contributed by atoms with Crippen molar-refractivity contribution in [1.29, 1.82) is 0 Å². The number of carbonyl (C=O) groups excluding carboxylic acids is 2. The van der Waals surface area contributed by atoms with Crippen LogP contribution in [0.2, 0.25) is 0 Å². The van der Waals surface area contributed by atoms with Crippen LogP contribution < -0.4 is 5.32 Å². The summed E-state index contributed by atoms with van der Waals surface area (Å²) in [7, 11) is 0. The Hall–Kier alpha value is -2.42. The number of benzene rings is 2. The van der Waals surface area contributed by atoms with Gasteiger partial charge in [0.2, 0.25) is 0 Å². The van der Waals surface area contributed by atoms with Crippen molar-refractivity contribution in [2.75, 3.05) is 6.54 Å². The first-order valence-corrected chi connectivity index (χ1v) is 6.68. The topological polar surface area (TPSA) is 46.2 Å². The molecule has 1 amide bonds. The summed E-state index contributed by atoms with van der Waals surface area (Å²) < 4.78 is 0. The lowest BCUT2D eigenvalue weighted by atomic mass is 10.0. The zero-order chi connectivity index (χ0) is 14.2. The van der Waals surface area contributed by atoms with Gasteiger partial charge >= 0.3 is 0 Å². The Morgan fingerprint density at radius 2 is 1.60 bits per heavy atom. The van der Waals surface area contributed by atoms with Crippen molar-refractivity contribution in [2.45, 2.75) is 12.8 Å². The van der Waals surface area contributed by atoms with E-state index < -0.39 is 0 Å². The first-order chi connectivity index (χ1) is 9.81. The van der Waals surface area contributed by atoms with Crippen LogP contribution in [0.5, 0.6) is 0 Å². The lowest BCUT2D eigenvalue weighted by molar-refractivity contribution is -0.107. The lowest BCUT2D eigenvalue weighted by Crippen LogP contribution is -2.24. The second kappa shape index (κ2) is 7.24. The number of nitrogens with one attached hydrogen (secondary N) is 1. The van der Waals surface area contributed by atoms with Gasteiger partial charge in [-0.15, -0.1) is 0 Å². The minimum atomic E-state index is -0.101.